The zero-order chi connectivity index (χ0) is 13.6. The van der Waals surface area contributed by atoms with Gasteiger partial charge < -0.3 is 15.6 Å². The van der Waals surface area contributed by atoms with Crippen LogP contribution in [0.3, 0.4) is 0 Å². The van der Waals surface area contributed by atoms with Crippen LogP contribution in [0.15, 0.2) is 30.3 Å². The molecule has 5 nitrogen and oxygen atoms in total. The number of nitrogens with two attached hydrogens (primary N) is 1. The smallest absolute Gasteiger partial charge is 0.338 e. The van der Waals surface area contributed by atoms with Crippen LogP contribution in [0.2, 0.25) is 0 Å². The number of carboxylic acids is 1. The lowest BCUT2D eigenvalue weighted by atomic mass is 9.95. The molecule has 0 amide bonds. The van der Waals surface area contributed by atoms with Crippen molar-refractivity contribution in [3.8, 4) is 0 Å². The Labute approximate surface area is 106 Å². The molecule has 0 aliphatic rings. The van der Waals surface area contributed by atoms with Gasteiger partial charge in [-0.25, -0.2) is 9.59 Å². The molecule has 0 aliphatic heterocycles. The standard InChI is InChI=1S/C13H17NO4/c1-2-8-13(14,11(15)16)12(17)18-9-10-6-4-3-5-7-10/h3-7H,2,8-9,14H2,1H3,(H,15,16)/t13-/m1/s1. The second-order valence-corrected chi connectivity index (χ2v) is 4.09. The predicted molar refractivity (Wildman–Crippen MR) is 65.7 cm³/mol. The van der Waals surface area contributed by atoms with Gasteiger partial charge >= 0.3 is 11.9 Å². The van der Waals surface area contributed by atoms with Crippen molar-refractivity contribution in [2.24, 2.45) is 5.73 Å². The minimum atomic E-state index is -1.95. The van der Waals surface area contributed by atoms with E-state index in [0.29, 0.717) is 6.42 Å². The maximum absolute atomic E-state index is 11.7. The summed E-state index contributed by atoms with van der Waals surface area (Å²) in [4.78, 5) is 22.8. The fourth-order valence-electron chi connectivity index (χ4n) is 1.54. The van der Waals surface area contributed by atoms with Crippen LogP contribution in [-0.4, -0.2) is 22.6 Å². The lowest BCUT2D eigenvalue weighted by Crippen LogP contribution is -2.55. The van der Waals surface area contributed by atoms with E-state index in [1.54, 1.807) is 19.1 Å². The van der Waals surface area contributed by atoms with E-state index in [2.05, 4.69) is 0 Å². The molecule has 0 spiro atoms. The average Bonchev–Trinajstić information content (AvgIpc) is 2.37. The third kappa shape index (κ3) is 3.30. The number of ether oxygens (including phenoxy) is 1. The summed E-state index contributed by atoms with van der Waals surface area (Å²) in [5.74, 6) is -2.26. The van der Waals surface area contributed by atoms with E-state index in [1.165, 1.54) is 0 Å². The highest BCUT2D eigenvalue weighted by Crippen LogP contribution is 2.14. The van der Waals surface area contributed by atoms with Crippen LogP contribution in [0.5, 0.6) is 0 Å². The molecule has 1 aromatic rings. The van der Waals surface area contributed by atoms with Crippen LogP contribution in [0.4, 0.5) is 0 Å². The monoisotopic (exact) mass is 251 g/mol. The third-order valence-electron chi connectivity index (χ3n) is 2.60. The molecule has 0 fully saturated rings. The quantitative estimate of drug-likeness (QED) is 0.587. The predicted octanol–water partition coefficient (Wildman–Crippen LogP) is 1.31. The van der Waals surface area contributed by atoms with E-state index in [0.717, 1.165) is 5.56 Å². The first-order valence-corrected chi connectivity index (χ1v) is 5.74. The SMILES string of the molecule is CCC[C@@](N)(C(=O)O)C(=O)OCc1ccccc1. The van der Waals surface area contributed by atoms with Crippen molar-refractivity contribution in [1.82, 2.24) is 0 Å². The first-order valence-electron chi connectivity index (χ1n) is 5.74. The molecule has 18 heavy (non-hydrogen) atoms. The highest BCUT2D eigenvalue weighted by Gasteiger charge is 2.43. The average molecular weight is 251 g/mol. The van der Waals surface area contributed by atoms with Crippen LogP contribution in [0, 0.1) is 0 Å². The number of aliphatic carboxylic acids is 1. The lowest BCUT2D eigenvalue weighted by molar-refractivity contribution is -0.162. The molecule has 1 aromatic carbocycles. The molecule has 0 unspecified atom stereocenters. The van der Waals surface area contributed by atoms with Crippen molar-refractivity contribution in [3.63, 3.8) is 0 Å². The van der Waals surface area contributed by atoms with Gasteiger partial charge in [0.2, 0.25) is 5.54 Å². The molecule has 3 N–H and O–H groups in total. The van der Waals surface area contributed by atoms with Crippen molar-refractivity contribution in [1.29, 1.82) is 0 Å². The molecule has 1 rings (SSSR count). The van der Waals surface area contributed by atoms with Gasteiger partial charge in [-0.1, -0.05) is 43.7 Å². The summed E-state index contributed by atoms with van der Waals surface area (Å²) < 4.78 is 4.96. The Morgan fingerprint density at radius 2 is 1.94 bits per heavy atom. The van der Waals surface area contributed by atoms with E-state index < -0.39 is 17.5 Å². The van der Waals surface area contributed by atoms with Crippen LogP contribution in [0.25, 0.3) is 0 Å². The van der Waals surface area contributed by atoms with Gasteiger partial charge in [-0.05, 0) is 12.0 Å². The van der Waals surface area contributed by atoms with Crippen LogP contribution >= 0.6 is 0 Å². The maximum atomic E-state index is 11.7. The Bertz CT molecular complexity index is 418. The van der Waals surface area contributed by atoms with Gasteiger partial charge in [-0.3, -0.25) is 0 Å². The normalized spacial score (nSPS) is 13.7. The zero-order valence-corrected chi connectivity index (χ0v) is 10.3. The highest BCUT2D eigenvalue weighted by molar-refractivity contribution is 6.03. The van der Waals surface area contributed by atoms with E-state index in [4.69, 9.17) is 15.6 Å². The molecule has 0 saturated heterocycles. The maximum Gasteiger partial charge on any atom is 0.338 e. The molecule has 0 saturated carbocycles. The molecule has 1 atom stereocenters. The fourth-order valence-corrected chi connectivity index (χ4v) is 1.54. The zero-order valence-electron chi connectivity index (χ0n) is 10.3. The summed E-state index contributed by atoms with van der Waals surface area (Å²) in [6.07, 6.45) is 0.541. The summed E-state index contributed by atoms with van der Waals surface area (Å²) in [6.45, 7) is 1.78. The molecule has 0 aromatic heterocycles. The van der Waals surface area contributed by atoms with E-state index in [-0.39, 0.29) is 13.0 Å². The van der Waals surface area contributed by atoms with E-state index in [1.807, 2.05) is 18.2 Å². The molecular formula is C13H17NO4. The number of carboxylic acid groups (broad SMARTS) is 1. The molecule has 5 heteroatoms. The third-order valence-corrected chi connectivity index (χ3v) is 2.60. The second kappa shape index (κ2) is 6.16. The van der Waals surface area contributed by atoms with Crippen LogP contribution in [0.1, 0.15) is 25.3 Å². The lowest BCUT2D eigenvalue weighted by Gasteiger charge is -2.21. The van der Waals surface area contributed by atoms with Gasteiger partial charge in [-0.2, -0.15) is 0 Å². The molecular weight excluding hydrogens is 234 g/mol. The van der Waals surface area contributed by atoms with Crippen molar-refractivity contribution in [2.75, 3.05) is 0 Å². The van der Waals surface area contributed by atoms with Crippen LogP contribution < -0.4 is 5.73 Å². The van der Waals surface area contributed by atoms with Gasteiger partial charge in [0.1, 0.15) is 6.61 Å². The summed E-state index contributed by atoms with van der Waals surface area (Å²) in [7, 11) is 0. The van der Waals surface area contributed by atoms with Crippen molar-refractivity contribution >= 4 is 11.9 Å². The number of esters is 1. The second-order valence-electron chi connectivity index (χ2n) is 4.09. The van der Waals surface area contributed by atoms with E-state index in [9.17, 15) is 9.59 Å². The first kappa shape index (κ1) is 14.2. The Morgan fingerprint density at radius 3 is 2.44 bits per heavy atom. The van der Waals surface area contributed by atoms with E-state index >= 15 is 0 Å². The molecule has 0 radical (unpaired) electrons. The fraction of sp³-hybridized carbons (Fsp3) is 0.385. The Balaban J connectivity index is 2.66. The number of rotatable bonds is 6. The van der Waals surface area contributed by atoms with Gasteiger partial charge in [0.05, 0.1) is 0 Å². The van der Waals surface area contributed by atoms with Crippen molar-refractivity contribution in [2.45, 2.75) is 31.9 Å². The highest BCUT2D eigenvalue weighted by atomic mass is 16.5. The minimum Gasteiger partial charge on any atom is -0.479 e. The van der Waals surface area contributed by atoms with Crippen molar-refractivity contribution in [3.05, 3.63) is 35.9 Å². The van der Waals surface area contributed by atoms with Crippen molar-refractivity contribution < 1.29 is 19.4 Å². The molecule has 0 aliphatic carbocycles. The van der Waals surface area contributed by atoms with Gasteiger partial charge in [-0.15, -0.1) is 0 Å². The molecule has 98 valence electrons. The molecule has 0 heterocycles. The summed E-state index contributed by atoms with van der Waals surface area (Å²) in [6, 6.07) is 9.02. The minimum absolute atomic E-state index is 0.0234. The first-order chi connectivity index (χ1) is 8.50. The Hall–Kier alpha value is -1.88. The largest absolute Gasteiger partial charge is 0.479 e. The summed E-state index contributed by atoms with van der Waals surface area (Å²) in [5, 5.41) is 9.01. The Kier molecular flexibility index (Phi) is 4.85. The van der Waals surface area contributed by atoms with Gasteiger partial charge in [0.25, 0.3) is 0 Å². The number of carbonyl (C=O) groups is 2. The van der Waals surface area contributed by atoms with Gasteiger partial charge in [0, 0.05) is 0 Å². The summed E-state index contributed by atoms with van der Waals surface area (Å²) >= 11 is 0. The van der Waals surface area contributed by atoms with Gasteiger partial charge in [0.15, 0.2) is 0 Å². The summed E-state index contributed by atoms with van der Waals surface area (Å²) in [5.41, 5.74) is 4.42. The number of hydrogen-bond donors (Lipinski definition) is 2. The number of carbonyl (C=O) groups excluding carboxylic acids is 1. The molecule has 0 bridgehead atoms. The number of benzene rings is 1. The topological polar surface area (TPSA) is 89.6 Å². The Morgan fingerprint density at radius 1 is 1.33 bits per heavy atom. The number of hydrogen-bond acceptors (Lipinski definition) is 4. The van der Waals surface area contributed by atoms with Crippen LogP contribution in [-0.2, 0) is 20.9 Å².